The van der Waals surface area contributed by atoms with Crippen molar-refractivity contribution in [2.45, 2.75) is 38.9 Å². The van der Waals surface area contributed by atoms with Crippen LogP contribution in [-0.2, 0) is 6.54 Å². The van der Waals surface area contributed by atoms with E-state index >= 15 is 0 Å². The van der Waals surface area contributed by atoms with Gasteiger partial charge in [0.1, 0.15) is 0 Å². The maximum absolute atomic E-state index is 4.42. The lowest BCUT2D eigenvalue weighted by atomic mass is 10.1. The standard InChI is InChI=1S/C14H24N4/c1-11(2)18-8-12(6-15-18)7-17-9-13-4-5-16(3)14(13)10-17/h6,8,11,13-14H,4-5,7,9-10H2,1-3H3/t13-,14+/m1/s1. The molecular weight excluding hydrogens is 224 g/mol. The van der Waals surface area contributed by atoms with Crippen molar-refractivity contribution in [3.05, 3.63) is 18.0 Å². The van der Waals surface area contributed by atoms with Crippen LogP contribution in [0.5, 0.6) is 0 Å². The molecule has 1 aromatic heterocycles. The molecule has 2 atom stereocenters. The zero-order valence-electron chi connectivity index (χ0n) is 11.7. The van der Waals surface area contributed by atoms with Crippen molar-refractivity contribution in [2.24, 2.45) is 5.92 Å². The summed E-state index contributed by atoms with van der Waals surface area (Å²) in [6, 6.07) is 1.26. The SMILES string of the molecule is CC(C)n1cc(CN2C[C@H]3CCN(C)[C@H]3C2)cn1. The minimum Gasteiger partial charge on any atom is -0.302 e. The molecule has 0 bridgehead atoms. The van der Waals surface area contributed by atoms with Gasteiger partial charge in [-0.2, -0.15) is 5.10 Å². The molecular formula is C14H24N4. The highest BCUT2D eigenvalue weighted by Crippen LogP contribution is 2.30. The minimum absolute atomic E-state index is 0.461. The first-order chi connectivity index (χ1) is 8.63. The Kier molecular flexibility index (Phi) is 3.16. The molecule has 2 aliphatic heterocycles. The molecule has 100 valence electrons. The molecule has 3 rings (SSSR count). The zero-order valence-corrected chi connectivity index (χ0v) is 11.7. The van der Waals surface area contributed by atoms with Crippen LogP contribution in [0.4, 0.5) is 0 Å². The molecule has 0 saturated carbocycles. The Bertz CT molecular complexity index is 412. The van der Waals surface area contributed by atoms with E-state index in [-0.39, 0.29) is 0 Å². The molecule has 2 saturated heterocycles. The largest absolute Gasteiger partial charge is 0.302 e. The van der Waals surface area contributed by atoms with Crippen LogP contribution in [-0.4, -0.2) is 52.3 Å². The van der Waals surface area contributed by atoms with E-state index in [2.05, 4.69) is 46.7 Å². The van der Waals surface area contributed by atoms with Gasteiger partial charge in [0.2, 0.25) is 0 Å². The summed E-state index contributed by atoms with van der Waals surface area (Å²) < 4.78 is 2.05. The Morgan fingerprint density at radius 1 is 1.39 bits per heavy atom. The monoisotopic (exact) mass is 248 g/mol. The van der Waals surface area contributed by atoms with E-state index in [1.165, 1.54) is 31.6 Å². The summed E-state index contributed by atoms with van der Waals surface area (Å²) >= 11 is 0. The average molecular weight is 248 g/mol. The van der Waals surface area contributed by atoms with E-state index in [1.54, 1.807) is 0 Å². The third-order valence-electron chi connectivity index (χ3n) is 4.49. The third-order valence-corrected chi connectivity index (χ3v) is 4.49. The van der Waals surface area contributed by atoms with E-state index in [1.807, 2.05) is 6.20 Å². The number of nitrogens with zero attached hydrogens (tertiary/aromatic N) is 4. The molecule has 18 heavy (non-hydrogen) atoms. The van der Waals surface area contributed by atoms with Gasteiger partial charge in [-0.1, -0.05) is 0 Å². The van der Waals surface area contributed by atoms with Crippen molar-refractivity contribution in [3.63, 3.8) is 0 Å². The van der Waals surface area contributed by atoms with Crippen LogP contribution in [0.3, 0.4) is 0 Å². The summed E-state index contributed by atoms with van der Waals surface area (Å²) in [5.74, 6) is 0.898. The highest BCUT2D eigenvalue weighted by Gasteiger charge is 2.39. The predicted octanol–water partition coefficient (Wildman–Crippen LogP) is 1.60. The summed E-state index contributed by atoms with van der Waals surface area (Å²) in [5.41, 5.74) is 1.35. The summed E-state index contributed by atoms with van der Waals surface area (Å²) in [7, 11) is 2.27. The van der Waals surface area contributed by atoms with Crippen molar-refractivity contribution in [3.8, 4) is 0 Å². The average Bonchev–Trinajstić information content (AvgIpc) is 2.98. The van der Waals surface area contributed by atoms with Crippen LogP contribution in [0, 0.1) is 5.92 Å². The van der Waals surface area contributed by atoms with E-state index in [4.69, 9.17) is 0 Å². The van der Waals surface area contributed by atoms with Crippen LogP contribution in [0.2, 0.25) is 0 Å². The lowest BCUT2D eigenvalue weighted by molar-refractivity contribution is 0.255. The van der Waals surface area contributed by atoms with E-state index in [9.17, 15) is 0 Å². The van der Waals surface area contributed by atoms with Crippen molar-refractivity contribution >= 4 is 0 Å². The van der Waals surface area contributed by atoms with Gasteiger partial charge in [-0.05, 0) is 39.8 Å². The van der Waals surface area contributed by atoms with Crippen LogP contribution >= 0.6 is 0 Å². The molecule has 3 heterocycles. The summed E-state index contributed by atoms with van der Waals surface area (Å²) in [5, 5.41) is 4.42. The Morgan fingerprint density at radius 2 is 2.22 bits per heavy atom. The fraction of sp³-hybridized carbons (Fsp3) is 0.786. The molecule has 0 radical (unpaired) electrons. The first kappa shape index (κ1) is 12.2. The molecule has 0 amide bonds. The summed E-state index contributed by atoms with van der Waals surface area (Å²) in [6.07, 6.45) is 5.60. The number of likely N-dealkylation sites (tertiary alicyclic amines) is 2. The van der Waals surface area contributed by atoms with Crippen LogP contribution in [0.25, 0.3) is 0 Å². The molecule has 0 aliphatic carbocycles. The minimum atomic E-state index is 0.461. The van der Waals surface area contributed by atoms with Gasteiger partial charge in [-0.25, -0.2) is 0 Å². The second-order valence-electron chi connectivity index (χ2n) is 6.21. The van der Waals surface area contributed by atoms with Crippen molar-refractivity contribution in [2.75, 3.05) is 26.7 Å². The third kappa shape index (κ3) is 2.19. The first-order valence-electron chi connectivity index (χ1n) is 7.09. The predicted molar refractivity (Wildman–Crippen MR) is 72.4 cm³/mol. The Hall–Kier alpha value is -0.870. The van der Waals surface area contributed by atoms with Gasteiger partial charge in [-0.3, -0.25) is 9.58 Å². The highest BCUT2D eigenvalue weighted by molar-refractivity contribution is 5.06. The molecule has 0 unspecified atom stereocenters. The van der Waals surface area contributed by atoms with Gasteiger partial charge >= 0.3 is 0 Å². The van der Waals surface area contributed by atoms with E-state index in [0.29, 0.717) is 6.04 Å². The molecule has 4 nitrogen and oxygen atoms in total. The molecule has 4 heteroatoms. The molecule has 0 aromatic carbocycles. The van der Waals surface area contributed by atoms with Crippen molar-refractivity contribution in [1.29, 1.82) is 0 Å². The van der Waals surface area contributed by atoms with Crippen molar-refractivity contribution in [1.82, 2.24) is 19.6 Å². The number of hydrogen-bond donors (Lipinski definition) is 0. The molecule has 0 spiro atoms. The zero-order chi connectivity index (χ0) is 12.7. The molecule has 1 aromatic rings. The van der Waals surface area contributed by atoms with Gasteiger partial charge in [0.25, 0.3) is 0 Å². The van der Waals surface area contributed by atoms with Crippen molar-refractivity contribution < 1.29 is 0 Å². The quantitative estimate of drug-likeness (QED) is 0.812. The molecule has 2 fully saturated rings. The molecule has 0 N–H and O–H groups in total. The van der Waals surface area contributed by atoms with Crippen LogP contribution in [0.1, 0.15) is 31.9 Å². The Balaban J connectivity index is 1.60. The lowest BCUT2D eigenvalue weighted by Gasteiger charge is -2.20. The lowest BCUT2D eigenvalue weighted by Crippen LogP contribution is -2.31. The van der Waals surface area contributed by atoms with Gasteiger partial charge < -0.3 is 4.90 Å². The van der Waals surface area contributed by atoms with Crippen LogP contribution < -0.4 is 0 Å². The topological polar surface area (TPSA) is 24.3 Å². The molecule has 2 aliphatic rings. The Labute approximate surface area is 110 Å². The summed E-state index contributed by atoms with van der Waals surface area (Å²) in [4.78, 5) is 5.12. The number of aromatic nitrogens is 2. The normalized spacial score (nSPS) is 29.3. The van der Waals surface area contributed by atoms with Gasteiger partial charge in [-0.15, -0.1) is 0 Å². The van der Waals surface area contributed by atoms with Gasteiger partial charge in [0, 0.05) is 43.5 Å². The number of likely N-dealkylation sites (N-methyl/N-ethyl adjacent to an activating group) is 1. The van der Waals surface area contributed by atoms with Crippen LogP contribution in [0.15, 0.2) is 12.4 Å². The fourth-order valence-electron chi connectivity index (χ4n) is 3.39. The summed E-state index contributed by atoms with van der Waals surface area (Å²) in [6.45, 7) is 9.19. The van der Waals surface area contributed by atoms with E-state index < -0.39 is 0 Å². The highest BCUT2D eigenvalue weighted by atomic mass is 15.3. The second kappa shape index (κ2) is 4.67. The number of hydrogen-bond acceptors (Lipinski definition) is 3. The smallest absolute Gasteiger partial charge is 0.0534 e. The van der Waals surface area contributed by atoms with E-state index in [0.717, 1.165) is 18.5 Å². The van der Waals surface area contributed by atoms with Gasteiger partial charge in [0.15, 0.2) is 0 Å². The Morgan fingerprint density at radius 3 is 2.89 bits per heavy atom. The maximum atomic E-state index is 4.42. The first-order valence-corrected chi connectivity index (χ1v) is 7.09. The second-order valence-corrected chi connectivity index (χ2v) is 6.21. The number of rotatable bonds is 3. The maximum Gasteiger partial charge on any atom is 0.0534 e. The number of fused-ring (bicyclic) bond motifs is 1. The van der Waals surface area contributed by atoms with Gasteiger partial charge in [0.05, 0.1) is 6.20 Å². The fourth-order valence-corrected chi connectivity index (χ4v) is 3.39.